The predicted molar refractivity (Wildman–Crippen MR) is 84.9 cm³/mol. The van der Waals surface area contributed by atoms with Gasteiger partial charge in [-0.3, -0.25) is 4.90 Å². The zero-order valence-corrected chi connectivity index (χ0v) is 13.3. The zero-order chi connectivity index (χ0) is 14.9. The fourth-order valence-electron chi connectivity index (χ4n) is 4.57. The van der Waals surface area contributed by atoms with E-state index >= 15 is 0 Å². The average Bonchev–Trinajstić information content (AvgIpc) is 3.14. The Balaban J connectivity index is 2.01. The van der Waals surface area contributed by atoms with Gasteiger partial charge in [-0.15, -0.1) is 0 Å². The van der Waals surface area contributed by atoms with Crippen LogP contribution in [0.5, 0.6) is 0 Å². The maximum Gasteiger partial charge on any atom is 0.123 e. The van der Waals surface area contributed by atoms with Gasteiger partial charge in [0.15, 0.2) is 0 Å². The van der Waals surface area contributed by atoms with Gasteiger partial charge in [0.1, 0.15) is 5.82 Å². The molecular formula is C18H27FN2. The van der Waals surface area contributed by atoms with E-state index in [4.69, 9.17) is 0 Å². The van der Waals surface area contributed by atoms with Gasteiger partial charge in [0.2, 0.25) is 0 Å². The van der Waals surface area contributed by atoms with Crippen LogP contribution in [-0.2, 0) is 0 Å². The van der Waals surface area contributed by atoms with Gasteiger partial charge in [0.05, 0.1) is 6.04 Å². The second-order valence-electron chi connectivity index (χ2n) is 6.73. The van der Waals surface area contributed by atoms with E-state index in [1.807, 2.05) is 13.1 Å². The summed E-state index contributed by atoms with van der Waals surface area (Å²) >= 11 is 0. The highest BCUT2D eigenvalue weighted by molar-refractivity contribution is 5.33. The minimum absolute atomic E-state index is 0.120. The lowest BCUT2D eigenvalue weighted by molar-refractivity contribution is 0.0793. The third kappa shape index (κ3) is 2.62. The first kappa shape index (κ1) is 15.0. The molecule has 1 atom stereocenters. The van der Waals surface area contributed by atoms with Gasteiger partial charge in [0, 0.05) is 5.54 Å². The Morgan fingerprint density at radius 3 is 2.43 bits per heavy atom. The Morgan fingerprint density at radius 2 is 1.81 bits per heavy atom. The molecule has 1 unspecified atom stereocenters. The number of hydrogen-bond acceptors (Lipinski definition) is 2. The standard InChI is InChI=1S/C18H27FN2/c1-14-7-8-15(19)13-16(14)17(20-2)18(9-3-4-10-18)21-11-5-6-12-21/h7-8,13,17,20H,3-6,9-12H2,1-2H3. The molecule has 1 heterocycles. The Hall–Kier alpha value is -0.930. The summed E-state index contributed by atoms with van der Waals surface area (Å²) in [5, 5.41) is 3.54. The SMILES string of the molecule is CNC(c1cc(F)ccc1C)C1(N2CCCC2)CCCC1. The molecule has 0 bridgehead atoms. The van der Waals surface area contributed by atoms with Crippen molar-refractivity contribution in [3.05, 3.63) is 35.1 Å². The Labute approximate surface area is 127 Å². The molecule has 1 saturated heterocycles. The smallest absolute Gasteiger partial charge is 0.123 e. The third-order valence-electron chi connectivity index (χ3n) is 5.58. The van der Waals surface area contributed by atoms with Crippen molar-refractivity contribution in [2.24, 2.45) is 0 Å². The first-order chi connectivity index (χ1) is 10.2. The number of nitrogens with one attached hydrogen (secondary N) is 1. The van der Waals surface area contributed by atoms with Gasteiger partial charge in [-0.1, -0.05) is 18.9 Å². The summed E-state index contributed by atoms with van der Waals surface area (Å²) in [6.45, 7) is 4.50. The Kier molecular flexibility index (Phi) is 4.32. The van der Waals surface area contributed by atoms with Crippen molar-refractivity contribution in [1.29, 1.82) is 0 Å². The van der Waals surface area contributed by atoms with Crippen LogP contribution in [0.3, 0.4) is 0 Å². The highest BCUT2D eigenvalue weighted by Gasteiger charge is 2.47. The highest BCUT2D eigenvalue weighted by atomic mass is 19.1. The number of nitrogens with zero attached hydrogens (tertiary/aromatic N) is 1. The van der Waals surface area contributed by atoms with E-state index in [1.165, 1.54) is 57.2 Å². The molecule has 2 aliphatic rings. The molecule has 1 aromatic rings. The quantitative estimate of drug-likeness (QED) is 0.907. The molecule has 0 radical (unpaired) electrons. The lowest BCUT2D eigenvalue weighted by atomic mass is 9.80. The van der Waals surface area contributed by atoms with Crippen molar-refractivity contribution in [1.82, 2.24) is 10.2 Å². The number of halogens is 1. The van der Waals surface area contributed by atoms with E-state index < -0.39 is 0 Å². The van der Waals surface area contributed by atoms with Gasteiger partial charge < -0.3 is 5.32 Å². The summed E-state index contributed by atoms with van der Waals surface area (Å²) in [4.78, 5) is 2.69. The van der Waals surface area contributed by atoms with Crippen LogP contribution in [0.1, 0.15) is 55.7 Å². The molecule has 0 amide bonds. The maximum atomic E-state index is 13.8. The maximum absolute atomic E-state index is 13.8. The molecule has 21 heavy (non-hydrogen) atoms. The van der Waals surface area contributed by atoms with Gasteiger partial charge in [-0.05, 0) is 76.0 Å². The molecule has 1 saturated carbocycles. The Morgan fingerprint density at radius 1 is 1.14 bits per heavy atom. The van der Waals surface area contributed by atoms with Gasteiger partial charge in [0.25, 0.3) is 0 Å². The summed E-state index contributed by atoms with van der Waals surface area (Å²) in [6, 6.07) is 5.46. The van der Waals surface area contributed by atoms with E-state index in [9.17, 15) is 4.39 Å². The van der Waals surface area contributed by atoms with Crippen molar-refractivity contribution in [3.63, 3.8) is 0 Å². The summed E-state index contributed by atoms with van der Waals surface area (Å²) in [5.74, 6) is -0.120. The molecule has 2 fully saturated rings. The largest absolute Gasteiger partial charge is 0.311 e. The van der Waals surface area contributed by atoms with Crippen LogP contribution < -0.4 is 5.32 Å². The van der Waals surface area contributed by atoms with Gasteiger partial charge in [-0.2, -0.15) is 0 Å². The van der Waals surface area contributed by atoms with Crippen LogP contribution in [0, 0.1) is 12.7 Å². The normalized spacial score (nSPS) is 23.6. The molecule has 0 aromatic heterocycles. The van der Waals surface area contributed by atoms with Crippen LogP contribution >= 0.6 is 0 Å². The number of aryl methyl sites for hydroxylation is 1. The first-order valence-electron chi connectivity index (χ1n) is 8.36. The summed E-state index contributed by atoms with van der Waals surface area (Å²) in [5.41, 5.74) is 2.52. The van der Waals surface area contributed by atoms with E-state index in [-0.39, 0.29) is 17.4 Å². The molecule has 1 aliphatic carbocycles. The minimum Gasteiger partial charge on any atom is -0.311 e. The molecule has 3 rings (SSSR count). The zero-order valence-electron chi connectivity index (χ0n) is 13.3. The predicted octanol–water partition coefficient (Wildman–Crippen LogP) is 3.80. The number of likely N-dealkylation sites (tertiary alicyclic amines) is 1. The van der Waals surface area contributed by atoms with E-state index in [2.05, 4.69) is 17.1 Å². The minimum atomic E-state index is -0.120. The van der Waals surface area contributed by atoms with Crippen molar-refractivity contribution < 1.29 is 4.39 Å². The highest BCUT2D eigenvalue weighted by Crippen LogP contribution is 2.46. The van der Waals surface area contributed by atoms with Crippen molar-refractivity contribution in [3.8, 4) is 0 Å². The number of benzene rings is 1. The lowest BCUT2D eigenvalue weighted by Gasteiger charge is -2.45. The first-order valence-corrected chi connectivity index (χ1v) is 8.36. The van der Waals surface area contributed by atoms with Crippen molar-refractivity contribution in [2.75, 3.05) is 20.1 Å². The number of rotatable bonds is 4. The van der Waals surface area contributed by atoms with Crippen LogP contribution in [0.15, 0.2) is 18.2 Å². The Bertz CT molecular complexity index is 488. The van der Waals surface area contributed by atoms with Gasteiger partial charge in [-0.25, -0.2) is 4.39 Å². The third-order valence-corrected chi connectivity index (χ3v) is 5.58. The van der Waals surface area contributed by atoms with Crippen LogP contribution in [-0.4, -0.2) is 30.6 Å². The topological polar surface area (TPSA) is 15.3 Å². The molecule has 3 heteroatoms. The van der Waals surface area contributed by atoms with Crippen LogP contribution in [0.25, 0.3) is 0 Å². The van der Waals surface area contributed by atoms with Crippen LogP contribution in [0.2, 0.25) is 0 Å². The molecule has 116 valence electrons. The van der Waals surface area contributed by atoms with E-state index in [0.29, 0.717) is 0 Å². The fourth-order valence-corrected chi connectivity index (χ4v) is 4.57. The second-order valence-corrected chi connectivity index (χ2v) is 6.73. The number of hydrogen-bond donors (Lipinski definition) is 1. The average molecular weight is 290 g/mol. The van der Waals surface area contributed by atoms with Crippen molar-refractivity contribution >= 4 is 0 Å². The number of likely N-dealkylation sites (N-methyl/N-ethyl adjacent to an activating group) is 1. The lowest BCUT2D eigenvalue weighted by Crippen LogP contribution is -2.53. The molecule has 1 aliphatic heterocycles. The summed E-state index contributed by atoms with van der Waals surface area (Å²) < 4.78 is 13.8. The molecular weight excluding hydrogens is 263 g/mol. The molecule has 1 aromatic carbocycles. The second kappa shape index (κ2) is 6.05. The summed E-state index contributed by atoms with van der Waals surface area (Å²) in [7, 11) is 2.03. The monoisotopic (exact) mass is 290 g/mol. The molecule has 2 nitrogen and oxygen atoms in total. The molecule has 1 N–H and O–H groups in total. The van der Waals surface area contributed by atoms with E-state index in [1.54, 1.807) is 12.1 Å². The van der Waals surface area contributed by atoms with Gasteiger partial charge >= 0.3 is 0 Å². The fraction of sp³-hybridized carbons (Fsp3) is 0.667. The van der Waals surface area contributed by atoms with Crippen molar-refractivity contribution in [2.45, 2.75) is 57.0 Å². The molecule has 0 spiro atoms. The summed E-state index contributed by atoms with van der Waals surface area (Å²) in [6.07, 6.45) is 7.66. The van der Waals surface area contributed by atoms with Crippen LogP contribution in [0.4, 0.5) is 4.39 Å². The van der Waals surface area contributed by atoms with E-state index in [0.717, 1.165) is 5.56 Å².